The van der Waals surface area contributed by atoms with Gasteiger partial charge >= 0.3 is 5.97 Å². The van der Waals surface area contributed by atoms with Gasteiger partial charge in [-0.1, -0.05) is 18.2 Å². The molecule has 2 aromatic rings. The fourth-order valence-electron chi connectivity index (χ4n) is 3.31. The molecule has 3 rings (SSSR count). The van der Waals surface area contributed by atoms with Crippen molar-refractivity contribution >= 4 is 23.5 Å². The second kappa shape index (κ2) is 7.84. The van der Waals surface area contributed by atoms with Gasteiger partial charge in [-0.05, 0) is 56.7 Å². The number of ether oxygens (including phenoxy) is 1. The van der Waals surface area contributed by atoms with Crippen molar-refractivity contribution in [3.05, 3.63) is 65.2 Å². The van der Waals surface area contributed by atoms with Gasteiger partial charge in [-0.3, -0.25) is 9.59 Å². The molecule has 6 nitrogen and oxygen atoms in total. The maximum Gasteiger partial charge on any atom is 0.339 e. The minimum atomic E-state index is -1.29. The second-order valence-electron chi connectivity index (χ2n) is 6.96. The highest BCUT2D eigenvalue weighted by Gasteiger charge is 2.42. The lowest BCUT2D eigenvalue weighted by Gasteiger charge is -2.33. The summed E-state index contributed by atoms with van der Waals surface area (Å²) >= 11 is 0. The Bertz CT molecular complexity index is 903. The first-order valence-electron chi connectivity index (χ1n) is 9.40. The summed E-state index contributed by atoms with van der Waals surface area (Å²) in [4.78, 5) is 39.2. The van der Waals surface area contributed by atoms with Crippen LogP contribution in [0.25, 0.3) is 0 Å². The van der Waals surface area contributed by atoms with Gasteiger partial charge in [0.15, 0.2) is 5.60 Å². The lowest BCUT2D eigenvalue weighted by Crippen LogP contribution is -2.48. The first-order valence-corrected chi connectivity index (χ1v) is 9.40. The minimum Gasteiger partial charge on any atom is -0.445 e. The van der Waals surface area contributed by atoms with E-state index in [1.54, 1.807) is 48.2 Å². The topological polar surface area (TPSA) is 75.7 Å². The van der Waals surface area contributed by atoms with Crippen molar-refractivity contribution in [1.29, 1.82) is 0 Å². The van der Waals surface area contributed by atoms with Crippen LogP contribution < -0.4 is 5.32 Å². The van der Waals surface area contributed by atoms with Crippen LogP contribution in [-0.4, -0.2) is 41.4 Å². The monoisotopic (exact) mass is 380 g/mol. The molecule has 2 amide bonds. The summed E-state index contributed by atoms with van der Waals surface area (Å²) in [5.74, 6) is -0.953. The summed E-state index contributed by atoms with van der Waals surface area (Å²) in [7, 11) is 0. The third kappa shape index (κ3) is 3.76. The molecule has 146 valence electrons. The van der Waals surface area contributed by atoms with Crippen LogP contribution in [0.15, 0.2) is 48.5 Å². The van der Waals surface area contributed by atoms with Gasteiger partial charge in [0.1, 0.15) is 0 Å². The van der Waals surface area contributed by atoms with Crippen molar-refractivity contribution in [2.24, 2.45) is 0 Å². The summed E-state index contributed by atoms with van der Waals surface area (Å²) in [6, 6.07) is 13.8. The maximum atomic E-state index is 12.8. The van der Waals surface area contributed by atoms with E-state index in [0.717, 1.165) is 5.56 Å². The average molecular weight is 380 g/mol. The number of fused-ring (bicyclic) bond motifs is 1. The predicted molar refractivity (Wildman–Crippen MR) is 106 cm³/mol. The third-order valence-corrected chi connectivity index (χ3v) is 5.00. The Kier molecular flexibility index (Phi) is 5.49. The zero-order chi connectivity index (χ0) is 20.3. The Morgan fingerprint density at radius 2 is 1.71 bits per heavy atom. The van der Waals surface area contributed by atoms with E-state index in [4.69, 9.17) is 4.74 Å². The van der Waals surface area contributed by atoms with Crippen molar-refractivity contribution in [2.75, 3.05) is 18.4 Å². The van der Waals surface area contributed by atoms with Crippen LogP contribution in [0.5, 0.6) is 0 Å². The summed E-state index contributed by atoms with van der Waals surface area (Å²) in [5, 5.41) is 2.79. The van der Waals surface area contributed by atoms with E-state index >= 15 is 0 Å². The van der Waals surface area contributed by atoms with Crippen molar-refractivity contribution in [3.63, 3.8) is 0 Å². The first-order chi connectivity index (χ1) is 13.4. The molecule has 0 aromatic heterocycles. The Balaban J connectivity index is 1.73. The summed E-state index contributed by atoms with van der Waals surface area (Å²) < 4.78 is 5.45. The molecule has 0 aliphatic carbocycles. The number of nitrogens with zero attached hydrogens (tertiary/aromatic N) is 1. The summed E-state index contributed by atoms with van der Waals surface area (Å²) in [6.45, 7) is 6.74. The third-order valence-electron chi connectivity index (χ3n) is 5.00. The highest BCUT2D eigenvalue weighted by atomic mass is 16.6. The van der Waals surface area contributed by atoms with E-state index in [9.17, 15) is 14.4 Å². The number of hydrogen-bond donors (Lipinski definition) is 1. The van der Waals surface area contributed by atoms with Crippen molar-refractivity contribution in [1.82, 2.24) is 4.90 Å². The number of rotatable bonds is 5. The molecule has 0 radical (unpaired) electrons. The zero-order valence-corrected chi connectivity index (χ0v) is 16.3. The van der Waals surface area contributed by atoms with Gasteiger partial charge in [0.05, 0.1) is 5.56 Å². The van der Waals surface area contributed by atoms with Crippen molar-refractivity contribution < 1.29 is 19.1 Å². The van der Waals surface area contributed by atoms with E-state index in [-0.39, 0.29) is 5.91 Å². The van der Waals surface area contributed by atoms with E-state index in [0.29, 0.717) is 36.3 Å². The number of benzene rings is 2. The molecule has 2 aromatic carbocycles. The molecule has 6 heteroatoms. The number of anilines is 1. The van der Waals surface area contributed by atoms with Crippen LogP contribution in [0.1, 0.15) is 47.1 Å². The molecule has 1 heterocycles. The van der Waals surface area contributed by atoms with Gasteiger partial charge in [0.25, 0.3) is 11.8 Å². The van der Waals surface area contributed by atoms with Crippen LogP contribution in [0, 0.1) is 0 Å². The molecule has 1 aliphatic heterocycles. The van der Waals surface area contributed by atoms with Gasteiger partial charge < -0.3 is 15.0 Å². The molecule has 0 saturated carbocycles. The molecule has 0 fully saturated rings. The standard InChI is InChI=1S/C22H24N2O4/c1-4-24(5-2)19(25)15-10-12-17(13-11-15)23-21(27)22(3)14-16-8-6-7-9-18(16)20(26)28-22/h6-13H,4-5,14H2,1-3H3,(H,23,27)/t22-/m0/s1. The number of amides is 2. The molecule has 0 saturated heterocycles. The van der Waals surface area contributed by atoms with Gasteiger partial charge in [-0.15, -0.1) is 0 Å². The zero-order valence-electron chi connectivity index (χ0n) is 16.3. The number of cyclic esters (lactones) is 1. The normalized spacial score (nSPS) is 18.0. The van der Waals surface area contributed by atoms with E-state index in [2.05, 4.69) is 5.32 Å². The number of hydrogen-bond acceptors (Lipinski definition) is 4. The Labute approximate surface area is 164 Å². The van der Waals surface area contributed by atoms with Gasteiger partial charge in [0.2, 0.25) is 0 Å². The number of nitrogens with one attached hydrogen (secondary N) is 1. The van der Waals surface area contributed by atoms with E-state index in [1.807, 2.05) is 26.0 Å². The van der Waals surface area contributed by atoms with Crippen molar-refractivity contribution in [2.45, 2.75) is 32.8 Å². The molecule has 1 N–H and O–H groups in total. The number of carbonyl (C=O) groups is 3. The minimum absolute atomic E-state index is 0.0485. The lowest BCUT2D eigenvalue weighted by molar-refractivity contribution is -0.134. The number of carbonyl (C=O) groups excluding carboxylic acids is 3. The average Bonchev–Trinajstić information content (AvgIpc) is 2.69. The Morgan fingerprint density at radius 1 is 1.07 bits per heavy atom. The Hall–Kier alpha value is -3.15. The molecule has 1 atom stereocenters. The Morgan fingerprint density at radius 3 is 2.36 bits per heavy atom. The van der Waals surface area contributed by atoms with Crippen LogP contribution in [-0.2, 0) is 16.0 Å². The molecular formula is C22H24N2O4. The SMILES string of the molecule is CCN(CC)C(=O)c1ccc(NC(=O)[C@]2(C)Cc3ccccc3C(=O)O2)cc1. The van der Waals surface area contributed by atoms with Gasteiger partial charge in [0, 0.05) is 30.8 Å². The summed E-state index contributed by atoms with van der Waals surface area (Å²) in [6.07, 6.45) is 0.305. The van der Waals surface area contributed by atoms with Crippen molar-refractivity contribution in [3.8, 4) is 0 Å². The lowest BCUT2D eigenvalue weighted by atomic mass is 9.89. The largest absolute Gasteiger partial charge is 0.445 e. The first kappa shape index (κ1) is 19.6. The number of esters is 1. The molecule has 1 aliphatic rings. The molecule has 0 unspecified atom stereocenters. The molecule has 28 heavy (non-hydrogen) atoms. The predicted octanol–water partition coefficient (Wildman–Crippen LogP) is 3.28. The van der Waals surface area contributed by atoms with E-state index < -0.39 is 17.5 Å². The second-order valence-corrected chi connectivity index (χ2v) is 6.96. The van der Waals surface area contributed by atoms with Crippen LogP contribution in [0.3, 0.4) is 0 Å². The molecule has 0 bridgehead atoms. The van der Waals surface area contributed by atoms with E-state index in [1.165, 1.54) is 0 Å². The molecule has 0 spiro atoms. The highest BCUT2D eigenvalue weighted by Crippen LogP contribution is 2.29. The quantitative estimate of drug-likeness (QED) is 0.808. The summed E-state index contributed by atoms with van der Waals surface area (Å²) in [5.41, 5.74) is 1.09. The maximum absolute atomic E-state index is 12.8. The smallest absolute Gasteiger partial charge is 0.339 e. The molecular weight excluding hydrogens is 356 g/mol. The van der Waals surface area contributed by atoms with Crippen LogP contribution in [0.2, 0.25) is 0 Å². The van der Waals surface area contributed by atoms with Crippen LogP contribution in [0.4, 0.5) is 5.69 Å². The fourth-order valence-corrected chi connectivity index (χ4v) is 3.31. The fraction of sp³-hybridized carbons (Fsp3) is 0.318. The van der Waals surface area contributed by atoms with Gasteiger partial charge in [-0.25, -0.2) is 4.79 Å². The highest BCUT2D eigenvalue weighted by molar-refractivity contribution is 6.02. The van der Waals surface area contributed by atoms with Gasteiger partial charge in [-0.2, -0.15) is 0 Å². The van der Waals surface area contributed by atoms with Crippen LogP contribution >= 0.6 is 0 Å².